The molecule has 0 bridgehead atoms. The van der Waals surface area contributed by atoms with Gasteiger partial charge in [-0.3, -0.25) is 9.78 Å². The summed E-state index contributed by atoms with van der Waals surface area (Å²) in [6, 6.07) is 18.2. The van der Waals surface area contributed by atoms with Crippen LogP contribution in [0.3, 0.4) is 0 Å². The van der Waals surface area contributed by atoms with Gasteiger partial charge in [-0.05, 0) is 53.6 Å². The van der Waals surface area contributed by atoms with E-state index in [1.165, 1.54) is 46.7 Å². The van der Waals surface area contributed by atoms with Crippen LogP contribution in [0.4, 0.5) is 9.59 Å². The Bertz CT molecular complexity index is 1880. The molecule has 16 heteroatoms. The van der Waals surface area contributed by atoms with Crippen LogP contribution in [0.1, 0.15) is 56.6 Å². The number of nitrogens with one attached hydrogen (secondary N) is 1. The molecule has 0 spiro atoms. The average Bonchev–Trinajstić information content (AvgIpc) is 3.49. The number of carbonyl (C=O) groups excluding carboxylic acids is 2. The van der Waals surface area contributed by atoms with E-state index in [9.17, 15) is 33.0 Å². The van der Waals surface area contributed by atoms with Gasteiger partial charge in [-0.15, -0.1) is 0 Å². The Labute approximate surface area is 323 Å². The molecule has 0 saturated carbocycles. The van der Waals surface area contributed by atoms with Gasteiger partial charge in [0, 0.05) is 33.2 Å². The van der Waals surface area contributed by atoms with Gasteiger partial charge in [0.1, 0.15) is 6.04 Å². The fraction of sp³-hybridized carbons (Fsp3) is 0.462. The van der Waals surface area contributed by atoms with Gasteiger partial charge in [0.15, 0.2) is 0 Å². The number of aliphatic hydroxyl groups excluding tert-OH is 1. The van der Waals surface area contributed by atoms with Crippen LogP contribution in [-0.2, 0) is 34.3 Å². The smallest absolute Gasteiger partial charge is 0.407 e. The second-order valence-electron chi connectivity index (χ2n) is 14.4. The lowest BCUT2D eigenvalue weighted by molar-refractivity contribution is -0.128. The zero-order chi connectivity index (χ0) is 40.3. The number of urea groups is 1. The van der Waals surface area contributed by atoms with Gasteiger partial charge in [-0.25, -0.2) is 18.0 Å². The van der Waals surface area contributed by atoms with Crippen molar-refractivity contribution in [3.8, 4) is 0 Å². The van der Waals surface area contributed by atoms with E-state index >= 15 is 0 Å². The van der Waals surface area contributed by atoms with Crippen molar-refractivity contribution in [2.24, 2.45) is 17.0 Å². The van der Waals surface area contributed by atoms with Gasteiger partial charge in [0.25, 0.3) is 0 Å². The van der Waals surface area contributed by atoms with Crippen LogP contribution in [0.15, 0.2) is 82.8 Å². The normalized spacial score (nSPS) is 15.7. The zero-order valence-corrected chi connectivity index (χ0v) is 32.8. The van der Waals surface area contributed by atoms with E-state index < -0.39 is 40.2 Å². The molecule has 1 fully saturated rings. The lowest BCUT2D eigenvalue weighted by atomic mass is 9.95. The molecule has 3 aromatic rings. The van der Waals surface area contributed by atoms with E-state index in [4.69, 9.17) is 5.21 Å². The van der Waals surface area contributed by atoms with Gasteiger partial charge in [-0.2, -0.15) is 4.31 Å². The fourth-order valence-electron chi connectivity index (χ4n) is 6.52. The minimum absolute atomic E-state index is 0.00235. The summed E-state index contributed by atoms with van der Waals surface area (Å²) >= 11 is 0. The van der Waals surface area contributed by atoms with Crippen LogP contribution in [0.25, 0.3) is 0 Å². The van der Waals surface area contributed by atoms with E-state index in [2.05, 4.69) is 15.5 Å². The molecule has 4 atom stereocenters. The van der Waals surface area contributed by atoms with E-state index in [1.807, 2.05) is 58.0 Å². The van der Waals surface area contributed by atoms with Crippen molar-refractivity contribution in [2.75, 3.05) is 33.2 Å². The van der Waals surface area contributed by atoms with Crippen molar-refractivity contribution in [3.63, 3.8) is 0 Å². The molecule has 0 aliphatic carbocycles. The Morgan fingerprint density at radius 1 is 0.982 bits per heavy atom. The summed E-state index contributed by atoms with van der Waals surface area (Å²) in [5.74, 6) is -0.809. The molecule has 4 amide bonds. The quantitative estimate of drug-likeness (QED) is 0.0788. The fourth-order valence-corrected chi connectivity index (χ4v) is 8.14. The van der Waals surface area contributed by atoms with Crippen molar-refractivity contribution in [1.82, 2.24) is 29.3 Å². The number of nitrogens with zero attached hydrogens (tertiary/aromatic N) is 6. The third-order valence-electron chi connectivity index (χ3n) is 9.63. The van der Waals surface area contributed by atoms with E-state index in [0.29, 0.717) is 29.9 Å². The summed E-state index contributed by atoms with van der Waals surface area (Å²) in [4.78, 5) is 48.4. The molecular weight excluding hydrogens is 727 g/mol. The Morgan fingerprint density at radius 3 is 2.27 bits per heavy atom. The molecular formula is C39H53N7O8S. The topological polar surface area (TPSA) is 196 Å². The molecule has 4 rings (SSSR count). The Kier molecular flexibility index (Phi) is 15.1. The molecule has 1 aliphatic rings. The van der Waals surface area contributed by atoms with Gasteiger partial charge in [0.2, 0.25) is 15.9 Å². The Balaban J connectivity index is 1.57. The van der Waals surface area contributed by atoms with Crippen LogP contribution in [0, 0.1) is 11.8 Å². The highest BCUT2D eigenvalue weighted by Gasteiger charge is 2.41. The largest absolute Gasteiger partial charge is 0.465 e. The predicted octanol–water partition coefficient (Wildman–Crippen LogP) is 4.09. The number of aliphatic hydroxyl groups is 1. The van der Waals surface area contributed by atoms with Crippen LogP contribution in [0.2, 0.25) is 0 Å². The number of oxime groups is 1. The highest BCUT2D eigenvalue weighted by Crippen LogP contribution is 2.24. The summed E-state index contributed by atoms with van der Waals surface area (Å²) < 4.78 is 29.1. The van der Waals surface area contributed by atoms with Gasteiger partial charge in [-0.1, -0.05) is 87.8 Å². The zero-order valence-electron chi connectivity index (χ0n) is 32.0. The number of hydrogen-bond donors (Lipinski definition) is 4. The molecule has 1 aliphatic heterocycles. The van der Waals surface area contributed by atoms with E-state index in [0.717, 1.165) is 10.5 Å². The van der Waals surface area contributed by atoms with Crippen molar-refractivity contribution < 1.29 is 38.2 Å². The first-order valence-electron chi connectivity index (χ1n) is 18.4. The van der Waals surface area contributed by atoms with Crippen molar-refractivity contribution >= 4 is 34.3 Å². The van der Waals surface area contributed by atoms with Crippen molar-refractivity contribution in [3.05, 3.63) is 95.3 Å². The summed E-state index contributed by atoms with van der Waals surface area (Å²) in [5.41, 5.74) is 2.44. The van der Waals surface area contributed by atoms with Gasteiger partial charge >= 0.3 is 12.1 Å². The molecule has 55 heavy (non-hydrogen) atoms. The maximum absolute atomic E-state index is 14.4. The second kappa shape index (κ2) is 19.5. The molecule has 0 unspecified atom stereocenters. The first-order valence-corrected chi connectivity index (χ1v) is 19.8. The Hall–Kier alpha value is -5.06. The molecule has 4 N–H and O–H groups in total. The van der Waals surface area contributed by atoms with Crippen LogP contribution >= 0.6 is 0 Å². The molecule has 1 saturated heterocycles. The third kappa shape index (κ3) is 11.5. The molecule has 0 radical (unpaired) electrons. The molecule has 15 nitrogen and oxygen atoms in total. The monoisotopic (exact) mass is 779 g/mol. The summed E-state index contributed by atoms with van der Waals surface area (Å²) in [6.07, 6.45) is -0.451. The number of amides is 4. The maximum Gasteiger partial charge on any atom is 0.407 e. The number of carbonyl (C=O) groups is 3. The van der Waals surface area contributed by atoms with Gasteiger partial charge < -0.3 is 35.4 Å². The highest BCUT2D eigenvalue weighted by molar-refractivity contribution is 7.89. The molecule has 1 aromatic heterocycles. The minimum Gasteiger partial charge on any atom is -0.465 e. The minimum atomic E-state index is -4.09. The molecule has 2 aromatic carbocycles. The number of aromatic nitrogens is 1. The lowest BCUT2D eigenvalue weighted by Gasteiger charge is -2.35. The average molecular weight is 780 g/mol. The van der Waals surface area contributed by atoms with Crippen LogP contribution in [0.5, 0.6) is 0 Å². The maximum atomic E-state index is 14.4. The number of rotatable bonds is 19. The third-order valence-corrected chi connectivity index (χ3v) is 11.5. The summed E-state index contributed by atoms with van der Waals surface area (Å²) in [5, 5.41) is 36.0. The second-order valence-corrected chi connectivity index (χ2v) is 16.3. The SMILES string of the molecule is CC[C@H](C)[C@@H](C(=O)N[C@@H](Cc1ccccc1)[C@H](O)CN(CC(C)C)S(=O)(=O)c1ccc(C=NO)cc1)N1CCN(Cc2cccc(CN(C)C(=O)O)n2)C1=O. The summed E-state index contributed by atoms with van der Waals surface area (Å²) in [7, 11) is -2.65. The van der Waals surface area contributed by atoms with Crippen molar-refractivity contribution in [1.29, 1.82) is 0 Å². The summed E-state index contributed by atoms with van der Waals surface area (Å²) in [6.45, 7) is 8.23. The number of pyridine rings is 1. The highest BCUT2D eigenvalue weighted by atomic mass is 32.2. The standard InChI is InChI=1S/C39H53N7O8S/c1-6-28(4)36(46-20-19-44(38(46)49)25-32-14-10-13-31(41-32)24-43(5)39(50)51)37(48)42-34(21-29-11-8-7-9-12-29)35(47)26-45(23-27(2)3)55(53,54)33-17-15-30(16-18-33)22-40-52/h7-18,22,27-28,34-36,47,52H,6,19-21,23-26H2,1-5H3,(H,42,48)(H,50,51)/t28-,34-,35+,36-/m0/s1. The predicted molar refractivity (Wildman–Crippen MR) is 207 cm³/mol. The number of hydrogen-bond acceptors (Lipinski definition) is 9. The number of sulfonamides is 1. The van der Waals surface area contributed by atoms with E-state index in [1.54, 1.807) is 23.1 Å². The number of carboxylic acid groups (broad SMARTS) is 1. The molecule has 298 valence electrons. The van der Waals surface area contributed by atoms with Gasteiger partial charge in [0.05, 0.1) is 47.7 Å². The first-order chi connectivity index (χ1) is 26.1. The first kappa shape index (κ1) is 42.7. The Morgan fingerprint density at radius 2 is 1.65 bits per heavy atom. The lowest BCUT2D eigenvalue weighted by Crippen LogP contribution is -2.57. The number of benzene rings is 2. The van der Waals surface area contributed by atoms with E-state index in [-0.39, 0.29) is 61.9 Å². The van der Waals surface area contributed by atoms with Crippen LogP contribution < -0.4 is 5.32 Å². The van der Waals surface area contributed by atoms with Crippen molar-refractivity contribution in [2.45, 2.75) is 76.7 Å². The van der Waals surface area contributed by atoms with Crippen LogP contribution in [-0.4, -0.2) is 123 Å². The molecule has 2 heterocycles.